The molecule has 4 nitrogen and oxygen atoms in total. The third-order valence-corrected chi connectivity index (χ3v) is 6.55. The van der Waals surface area contributed by atoms with Crippen LogP contribution in [0.15, 0.2) is 17.5 Å². The molecule has 1 atom stereocenters. The van der Waals surface area contributed by atoms with Crippen LogP contribution in [0.5, 0.6) is 0 Å². The first kappa shape index (κ1) is 17.3. The minimum Gasteiger partial charge on any atom is -0.299 e. The van der Waals surface area contributed by atoms with Crippen LogP contribution in [0.25, 0.3) is 0 Å². The second-order valence-electron chi connectivity index (χ2n) is 7.81. The Morgan fingerprint density at radius 3 is 2.64 bits per heavy atom. The fourth-order valence-electron chi connectivity index (χ4n) is 4.36. The standard InChI is InChI=1S/C20H30N4S/c1-16-10-17(2)24(21-16)19-6-9-23(13-19)14-20-11-18(15-25-20)12-22-7-4-3-5-8-22/h10-11,15,19H,3-9,12-14H2,1-2H3/t19-/m1/s1. The first-order chi connectivity index (χ1) is 12.2. The average Bonchev–Trinajstić information content (AvgIpc) is 3.30. The van der Waals surface area contributed by atoms with E-state index >= 15 is 0 Å². The van der Waals surface area contributed by atoms with Crippen LogP contribution in [0, 0.1) is 13.8 Å². The van der Waals surface area contributed by atoms with Gasteiger partial charge in [-0.15, -0.1) is 11.3 Å². The number of rotatable bonds is 5. The van der Waals surface area contributed by atoms with Crippen molar-refractivity contribution in [2.24, 2.45) is 0 Å². The maximum atomic E-state index is 4.69. The molecule has 4 heterocycles. The van der Waals surface area contributed by atoms with E-state index in [-0.39, 0.29) is 0 Å². The minimum absolute atomic E-state index is 0.543. The second-order valence-corrected chi connectivity index (χ2v) is 8.80. The van der Waals surface area contributed by atoms with E-state index in [9.17, 15) is 0 Å². The van der Waals surface area contributed by atoms with Crippen LogP contribution in [0.3, 0.4) is 0 Å². The van der Waals surface area contributed by atoms with E-state index in [4.69, 9.17) is 0 Å². The molecule has 0 unspecified atom stereocenters. The topological polar surface area (TPSA) is 24.3 Å². The summed E-state index contributed by atoms with van der Waals surface area (Å²) in [5.74, 6) is 0. The molecule has 2 fully saturated rings. The van der Waals surface area contributed by atoms with Crippen LogP contribution in [-0.4, -0.2) is 45.8 Å². The lowest BCUT2D eigenvalue weighted by Gasteiger charge is -2.25. The van der Waals surface area contributed by atoms with Gasteiger partial charge < -0.3 is 0 Å². The Balaban J connectivity index is 1.31. The Morgan fingerprint density at radius 1 is 1.04 bits per heavy atom. The van der Waals surface area contributed by atoms with Crippen molar-refractivity contribution in [2.75, 3.05) is 26.2 Å². The molecule has 2 aromatic rings. The maximum Gasteiger partial charge on any atom is 0.0661 e. The van der Waals surface area contributed by atoms with E-state index in [2.05, 4.69) is 50.9 Å². The summed E-state index contributed by atoms with van der Waals surface area (Å²) in [6.07, 6.45) is 5.38. The van der Waals surface area contributed by atoms with E-state index in [0.717, 1.165) is 25.3 Å². The average molecular weight is 359 g/mol. The summed E-state index contributed by atoms with van der Waals surface area (Å²) >= 11 is 1.94. The van der Waals surface area contributed by atoms with Crippen LogP contribution in [0.1, 0.15) is 53.6 Å². The highest BCUT2D eigenvalue weighted by Crippen LogP contribution is 2.26. The molecule has 0 bridgehead atoms. The zero-order valence-electron chi connectivity index (χ0n) is 15.6. The Labute approximate surface area is 155 Å². The number of hydrogen-bond acceptors (Lipinski definition) is 4. The van der Waals surface area contributed by atoms with Crippen LogP contribution < -0.4 is 0 Å². The highest BCUT2D eigenvalue weighted by Gasteiger charge is 2.25. The number of thiophene rings is 1. The molecule has 4 rings (SSSR count). The molecule has 2 saturated heterocycles. The summed E-state index contributed by atoms with van der Waals surface area (Å²) in [6, 6.07) is 5.17. The normalized spacial score (nSPS) is 22.7. The van der Waals surface area contributed by atoms with Gasteiger partial charge in [-0.25, -0.2) is 0 Å². The van der Waals surface area contributed by atoms with Gasteiger partial charge in [0.15, 0.2) is 0 Å². The van der Waals surface area contributed by atoms with Gasteiger partial charge in [0.2, 0.25) is 0 Å². The largest absolute Gasteiger partial charge is 0.299 e. The molecule has 136 valence electrons. The van der Waals surface area contributed by atoms with Gasteiger partial charge in [-0.2, -0.15) is 5.10 Å². The summed E-state index contributed by atoms with van der Waals surface area (Å²) in [4.78, 5) is 6.72. The van der Waals surface area contributed by atoms with Crippen molar-refractivity contribution < 1.29 is 0 Å². The summed E-state index contributed by atoms with van der Waals surface area (Å²) in [6.45, 7) is 11.4. The summed E-state index contributed by atoms with van der Waals surface area (Å²) in [7, 11) is 0. The molecule has 2 aromatic heterocycles. The molecule has 2 aliphatic rings. The van der Waals surface area contributed by atoms with Gasteiger partial charge in [0.05, 0.1) is 11.7 Å². The van der Waals surface area contributed by atoms with Crippen LogP contribution in [0.4, 0.5) is 0 Å². The predicted molar refractivity (Wildman–Crippen MR) is 104 cm³/mol. The number of aromatic nitrogens is 2. The Morgan fingerprint density at radius 2 is 1.88 bits per heavy atom. The third-order valence-electron chi connectivity index (χ3n) is 5.58. The quantitative estimate of drug-likeness (QED) is 0.807. The summed E-state index contributed by atoms with van der Waals surface area (Å²) in [5, 5.41) is 7.06. The Hall–Kier alpha value is -1.17. The Bertz CT molecular complexity index is 698. The number of hydrogen-bond donors (Lipinski definition) is 0. The highest BCUT2D eigenvalue weighted by molar-refractivity contribution is 7.10. The second kappa shape index (κ2) is 7.60. The zero-order valence-corrected chi connectivity index (χ0v) is 16.4. The molecule has 0 amide bonds. The molecule has 25 heavy (non-hydrogen) atoms. The first-order valence-corrected chi connectivity index (χ1v) is 10.6. The molecule has 5 heteroatoms. The number of aryl methyl sites for hydroxylation is 2. The molecule has 2 aliphatic heterocycles. The summed E-state index contributed by atoms with van der Waals surface area (Å²) < 4.78 is 2.24. The molecule has 0 aromatic carbocycles. The number of piperidine rings is 1. The van der Waals surface area contributed by atoms with Crippen LogP contribution in [0.2, 0.25) is 0 Å². The lowest BCUT2D eigenvalue weighted by Crippen LogP contribution is -2.28. The molecule has 0 aliphatic carbocycles. The minimum atomic E-state index is 0.543. The third kappa shape index (κ3) is 4.15. The molecule has 0 spiro atoms. The van der Waals surface area contributed by atoms with E-state index in [1.807, 2.05) is 11.3 Å². The zero-order chi connectivity index (χ0) is 17.2. The van der Waals surface area contributed by atoms with Gasteiger partial charge in [0.1, 0.15) is 0 Å². The van der Waals surface area contributed by atoms with E-state index in [1.165, 1.54) is 61.5 Å². The molecular formula is C20H30N4S. The maximum absolute atomic E-state index is 4.69. The van der Waals surface area contributed by atoms with Crippen molar-refractivity contribution >= 4 is 11.3 Å². The fourth-order valence-corrected chi connectivity index (χ4v) is 5.28. The van der Waals surface area contributed by atoms with Crippen molar-refractivity contribution in [2.45, 2.75) is 58.7 Å². The van der Waals surface area contributed by atoms with E-state index in [0.29, 0.717) is 6.04 Å². The Kier molecular flexibility index (Phi) is 5.25. The number of nitrogens with zero attached hydrogens (tertiary/aromatic N) is 4. The molecule has 0 radical (unpaired) electrons. The van der Waals surface area contributed by atoms with Crippen molar-refractivity contribution in [1.82, 2.24) is 19.6 Å². The lowest BCUT2D eigenvalue weighted by molar-refractivity contribution is 0.221. The molecule has 0 N–H and O–H groups in total. The van der Waals surface area contributed by atoms with Gasteiger partial charge in [-0.1, -0.05) is 6.42 Å². The van der Waals surface area contributed by atoms with Gasteiger partial charge in [-0.3, -0.25) is 14.5 Å². The van der Waals surface area contributed by atoms with Crippen molar-refractivity contribution in [3.05, 3.63) is 39.3 Å². The SMILES string of the molecule is Cc1cc(C)n([C@@H]2CCN(Cc3cc(CN4CCCCC4)cs3)C2)n1. The van der Waals surface area contributed by atoms with Gasteiger partial charge >= 0.3 is 0 Å². The van der Waals surface area contributed by atoms with E-state index in [1.54, 1.807) is 0 Å². The van der Waals surface area contributed by atoms with Crippen molar-refractivity contribution in [3.63, 3.8) is 0 Å². The van der Waals surface area contributed by atoms with Gasteiger partial charge in [0.25, 0.3) is 0 Å². The highest BCUT2D eigenvalue weighted by atomic mass is 32.1. The smallest absolute Gasteiger partial charge is 0.0661 e. The fraction of sp³-hybridized carbons (Fsp3) is 0.650. The van der Waals surface area contributed by atoms with Gasteiger partial charge in [0, 0.05) is 36.8 Å². The van der Waals surface area contributed by atoms with Crippen LogP contribution >= 0.6 is 11.3 Å². The number of likely N-dealkylation sites (tertiary alicyclic amines) is 2. The van der Waals surface area contributed by atoms with Gasteiger partial charge in [-0.05, 0) is 69.3 Å². The molecular weight excluding hydrogens is 328 g/mol. The first-order valence-electron chi connectivity index (χ1n) is 9.71. The van der Waals surface area contributed by atoms with Crippen LogP contribution in [-0.2, 0) is 13.1 Å². The summed E-state index contributed by atoms with van der Waals surface area (Å²) in [5.41, 5.74) is 3.94. The molecule has 0 saturated carbocycles. The van der Waals surface area contributed by atoms with Crippen molar-refractivity contribution in [1.29, 1.82) is 0 Å². The monoisotopic (exact) mass is 358 g/mol. The van der Waals surface area contributed by atoms with Crippen molar-refractivity contribution in [3.8, 4) is 0 Å². The van der Waals surface area contributed by atoms with E-state index < -0.39 is 0 Å². The lowest BCUT2D eigenvalue weighted by atomic mass is 10.1. The predicted octanol–water partition coefficient (Wildman–Crippen LogP) is 3.99.